The van der Waals surface area contributed by atoms with Crippen LogP contribution < -0.4 is 14.8 Å². The Hall–Kier alpha value is -8.77. The van der Waals surface area contributed by atoms with E-state index in [9.17, 15) is 4.79 Å². The second-order valence-electron chi connectivity index (χ2n) is 23.6. The van der Waals surface area contributed by atoms with E-state index in [2.05, 4.69) is 138 Å². The Balaban J connectivity index is 0.000000354. The minimum absolute atomic E-state index is 0.0856. The number of hydrogen-bond donors (Lipinski definition) is 1. The Morgan fingerprint density at radius 2 is 1.08 bits per heavy atom. The molecule has 0 aliphatic heterocycles. The van der Waals surface area contributed by atoms with Crippen LogP contribution in [-0.4, -0.2) is 90.3 Å². The lowest BCUT2D eigenvalue weighted by molar-refractivity contribution is -0.117. The van der Waals surface area contributed by atoms with Crippen LogP contribution in [0, 0.1) is 103 Å². The Morgan fingerprint density at radius 3 is 1.49 bits per heavy atom. The monoisotopic (exact) mass is 1250 g/mol. The number of nitrogens with zero attached hydrogens (tertiary/aromatic N) is 13. The van der Waals surface area contributed by atoms with Crippen LogP contribution in [0.15, 0.2) is 116 Å². The van der Waals surface area contributed by atoms with Crippen molar-refractivity contribution in [2.24, 2.45) is 13.0 Å². The third kappa shape index (κ3) is 36.2. The van der Waals surface area contributed by atoms with Crippen molar-refractivity contribution >= 4 is 11.7 Å². The van der Waals surface area contributed by atoms with Gasteiger partial charge in [-0.05, 0) is 237 Å². The summed E-state index contributed by atoms with van der Waals surface area (Å²) >= 11 is 0. The van der Waals surface area contributed by atoms with Gasteiger partial charge in [0.2, 0.25) is 11.8 Å². The van der Waals surface area contributed by atoms with Crippen LogP contribution in [0.1, 0.15) is 170 Å². The molecule has 9 aromatic heterocycles. The molecule has 9 heterocycles. The molecule has 1 amide bonds. The van der Waals surface area contributed by atoms with Crippen molar-refractivity contribution < 1.29 is 19.0 Å². The molecule has 0 unspecified atom stereocenters. The van der Waals surface area contributed by atoms with Crippen molar-refractivity contribution in [1.29, 1.82) is 0 Å². The van der Waals surface area contributed by atoms with E-state index < -0.39 is 0 Å². The van der Waals surface area contributed by atoms with Crippen molar-refractivity contribution in [2.75, 3.05) is 19.0 Å². The van der Waals surface area contributed by atoms with Gasteiger partial charge >= 0.3 is 0 Å². The van der Waals surface area contributed by atoms with E-state index in [0.29, 0.717) is 30.7 Å². The first kappa shape index (κ1) is 79.3. The lowest BCUT2D eigenvalue weighted by atomic mass is 9.87. The zero-order valence-corrected chi connectivity index (χ0v) is 59.8. The number of anilines is 1. The number of aromatic nitrogens is 13. The minimum Gasteiger partial charge on any atom is -0.494 e. The Kier molecular flexibility index (Phi) is 36.5. The summed E-state index contributed by atoms with van der Waals surface area (Å²) in [5.41, 5.74) is 17.1. The molecule has 18 heteroatoms. The predicted octanol–water partition coefficient (Wildman–Crippen LogP) is 15.7. The van der Waals surface area contributed by atoms with E-state index in [1.165, 1.54) is 27.8 Å². The molecule has 1 saturated carbocycles. The molecule has 10 rings (SSSR count). The molecule has 0 radical (unpaired) electrons. The maximum atomic E-state index is 11.4. The van der Waals surface area contributed by atoms with Crippen molar-refractivity contribution in [2.45, 2.75) is 196 Å². The molecule has 0 aromatic carbocycles. The van der Waals surface area contributed by atoms with E-state index in [1.54, 1.807) is 30.3 Å². The van der Waals surface area contributed by atoms with Gasteiger partial charge in [0.15, 0.2) is 0 Å². The number of amides is 1. The van der Waals surface area contributed by atoms with Crippen LogP contribution in [0.5, 0.6) is 11.6 Å². The molecular formula is C74H106N14O4. The lowest BCUT2D eigenvalue weighted by Crippen LogP contribution is -2.15. The number of aryl methyl sites for hydroxylation is 17. The van der Waals surface area contributed by atoms with Gasteiger partial charge in [-0.25, -0.2) is 24.9 Å². The number of pyridine rings is 5. The van der Waals surface area contributed by atoms with Crippen LogP contribution in [0.4, 0.5) is 5.82 Å². The smallest absolute Gasteiger partial charge is 0.228 e. The van der Waals surface area contributed by atoms with Crippen molar-refractivity contribution in [3.63, 3.8) is 0 Å². The van der Waals surface area contributed by atoms with Gasteiger partial charge < -0.3 is 19.5 Å². The fraction of sp³-hybridized carbons (Fsp3) is 0.446. The third-order valence-corrected chi connectivity index (χ3v) is 12.8. The van der Waals surface area contributed by atoms with E-state index in [4.69, 9.17) is 14.2 Å². The van der Waals surface area contributed by atoms with Gasteiger partial charge in [0, 0.05) is 127 Å². The molecule has 496 valence electrons. The summed E-state index contributed by atoms with van der Waals surface area (Å²) in [5.74, 6) is 4.79. The second kappa shape index (κ2) is 42.3. The molecule has 18 nitrogen and oxygen atoms in total. The summed E-state index contributed by atoms with van der Waals surface area (Å²) in [4.78, 5) is 56.9. The van der Waals surface area contributed by atoms with Crippen molar-refractivity contribution in [3.05, 3.63) is 218 Å². The average Bonchev–Trinajstić information content (AvgIpc) is 1.81. The molecule has 0 bridgehead atoms. The average molecular weight is 1260 g/mol. The number of methoxy groups -OCH3 is 1. The highest BCUT2D eigenvalue weighted by molar-refractivity contribution is 5.93. The van der Waals surface area contributed by atoms with Crippen LogP contribution in [0.25, 0.3) is 0 Å². The largest absolute Gasteiger partial charge is 0.494 e. The number of carbonyl (C=O) groups is 1. The fourth-order valence-electron chi connectivity index (χ4n) is 8.08. The molecule has 1 N–H and O–H groups in total. The Bertz CT molecular complexity index is 3450. The van der Waals surface area contributed by atoms with Crippen LogP contribution >= 0.6 is 0 Å². The number of carbonyl (C=O) groups excluding carboxylic acids is 1. The Labute approximate surface area is 550 Å². The summed E-state index contributed by atoms with van der Waals surface area (Å²) in [6.07, 6.45) is 15.4. The topological polar surface area (TPSA) is 216 Å². The van der Waals surface area contributed by atoms with Gasteiger partial charge in [0.05, 0.1) is 25.0 Å². The van der Waals surface area contributed by atoms with Crippen LogP contribution in [-0.2, 0) is 41.4 Å². The standard InChI is InChI=1S/C10H13N3O.C10H15N.C9H14N2O.C8H12N2.2C8H11NO.2C8H11N.C5H8N2/c1-6-5-9(12-7(2)11-6)13-10(14)8-3-4-8;1-8-7-9(5-6-11-8)10(2,3)4;1-6(2)12-9-5-7(3)10-8(4)11-9;1-4-8-5-6(2)9-7(3)10-8;1-7-5-8(6-10-2)3-4-9-7;1-3-10-8-4-5-9-7(2)6-8;1-6-4-8(3)9-5-7(6)2;1-3-8-4-5-9-7(2)6-8;1-5-3-4-7(2)6-5/h5,8H,3-4H2,1-2H3,(H,11,12,13,14);5-7H,1-4H3;5-6H,1-4H3;5H,4H2,1-3H3;3-5H,6H2,1-2H3;4-6H,3H2,1-2H3;4-5H,1-3H3;4-6H,3H2,1-2H3;3-4H,1-2H3. The molecule has 92 heavy (non-hydrogen) atoms. The van der Waals surface area contributed by atoms with E-state index in [1.807, 2.05) is 184 Å². The molecule has 1 aliphatic rings. The SMILES string of the molecule is CCOc1ccnc(C)c1.CCc1cc(C)nc(C)n1.CCc1ccnc(C)c1.COCc1ccnc(C)c1.Cc1cc(C(C)(C)C)ccn1.Cc1cc(C)c(C)cn1.Cc1cc(NC(=O)C2CC2)nc(C)n1.Cc1cc(OC(C)C)nc(C)n1.Cc1ccn(C)n1. The van der Waals surface area contributed by atoms with Gasteiger partial charge in [-0.1, -0.05) is 34.6 Å². The molecule has 9 aromatic rings. The number of ether oxygens (including phenoxy) is 3. The highest BCUT2D eigenvalue weighted by Crippen LogP contribution is 2.30. The zero-order valence-electron chi connectivity index (χ0n) is 59.8. The first-order valence-electron chi connectivity index (χ1n) is 31.5. The summed E-state index contributed by atoms with van der Waals surface area (Å²) in [6, 6.07) is 25.8. The molecule has 0 spiro atoms. The highest BCUT2D eigenvalue weighted by atomic mass is 16.5. The molecule has 0 saturated heterocycles. The molecular weight excluding hydrogens is 1150 g/mol. The lowest BCUT2D eigenvalue weighted by Gasteiger charge is -2.18. The predicted molar refractivity (Wildman–Crippen MR) is 373 cm³/mol. The summed E-state index contributed by atoms with van der Waals surface area (Å²) in [6.45, 7) is 45.7. The first-order valence-corrected chi connectivity index (χ1v) is 31.5. The number of hydrogen-bond acceptors (Lipinski definition) is 16. The highest BCUT2D eigenvalue weighted by Gasteiger charge is 2.29. The van der Waals surface area contributed by atoms with E-state index in [0.717, 1.165) is 100 Å². The molecule has 1 aliphatic carbocycles. The van der Waals surface area contributed by atoms with Gasteiger partial charge in [-0.3, -0.25) is 34.4 Å². The third-order valence-electron chi connectivity index (χ3n) is 12.8. The summed E-state index contributed by atoms with van der Waals surface area (Å²) in [5, 5.41) is 6.82. The minimum atomic E-state index is 0.0856. The number of nitrogens with one attached hydrogen (secondary N) is 1. The van der Waals surface area contributed by atoms with Crippen LogP contribution in [0.3, 0.4) is 0 Å². The van der Waals surface area contributed by atoms with Gasteiger partial charge in [-0.15, -0.1) is 0 Å². The normalized spacial score (nSPS) is 10.8. The van der Waals surface area contributed by atoms with E-state index >= 15 is 0 Å². The van der Waals surface area contributed by atoms with Crippen molar-refractivity contribution in [1.82, 2.24) is 64.6 Å². The fourth-order valence-corrected chi connectivity index (χ4v) is 8.08. The van der Waals surface area contributed by atoms with Crippen molar-refractivity contribution in [3.8, 4) is 11.6 Å². The quantitative estimate of drug-likeness (QED) is 0.135. The first-order chi connectivity index (χ1) is 43.4. The maximum absolute atomic E-state index is 11.4. The molecule has 1 fully saturated rings. The van der Waals surface area contributed by atoms with Gasteiger partial charge in [0.25, 0.3) is 0 Å². The van der Waals surface area contributed by atoms with Crippen LogP contribution in [0.2, 0.25) is 0 Å². The zero-order chi connectivity index (χ0) is 68.9. The summed E-state index contributed by atoms with van der Waals surface area (Å²) in [7, 11) is 3.60. The van der Waals surface area contributed by atoms with Gasteiger partial charge in [0.1, 0.15) is 29.0 Å². The van der Waals surface area contributed by atoms with Gasteiger partial charge in [-0.2, -0.15) is 10.1 Å². The summed E-state index contributed by atoms with van der Waals surface area (Å²) < 4.78 is 17.4. The number of rotatable bonds is 10. The second-order valence-corrected chi connectivity index (χ2v) is 23.6. The maximum Gasteiger partial charge on any atom is 0.228 e. The Morgan fingerprint density at radius 1 is 0.554 bits per heavy atom. The van der Waals surface area contributed by atoms with E-state index in [-0.39, 0.29) is 23.3 Å². The molecule has 0 atom stereocenters.